The van der Waals surface area contributed by atoms with Gasteiger partial charge in [0.1, 0.15) is 0 Å². The second kappa shape index (κ2) is 7.59. The van der Waals surface area contributed by atoms with E-state index in [4.69, 9.17) is 0 Å². The van der Waals surface area contributed by atoms with E-state index in [-0.39, 0.29) is 28.4 Å². The Bertz CT molecular complexity index is 1010. The molecule has 3 N–H and O–H groups in total. The molecule has 0 saturated carbocycles. The van der Waals surface area contributed by atoms with Gasteiger partial charge in [0.25, 0.3) is 5.91 Å². The number of ether oxygens (including phenoxy) is 1. The number of cyclic esters (lactones) is 2. The van der Waals surface area contributed by atoms with Crippen molar-refractivity contribution in [2.24, 2.45) is 11.3 Å². The van der Waals surface area contributed by atoms with Crippen LogP contribution >= 0.6 is 11.3 Å². The summed E-state index contributed by atoms with van der Waals surface area (Å²) < 4.78 is 4.49. The number of esters is 2. The summed E-state index contributed by atoms with van der Waals surface area (Å²) in [6, 6.07) is 4.02. The summed E-state index contributed by atoms with van der Waals surface area (Å²) in [6.07, 6.45) is 0. The Morgan fingerprint density at radius 3 is 2.45 bits per heavy atom. The molecule has 3 rings (SSSR count). The Hall–Kier alpha value is -3.34. The molecule has 2 heterocycles. The van der Waals surface area contributed by atoms with Gasteiger partial charge in [-0.15, -0.1) is 10.2 Å². The third-order valence-corrected chi connectivity index (χ3v) is 5.15. The summed E-state index contributed by atoms with van der Waals surface area (Å²) in [7, 11) is 0. The van der Waals surface area contributed by atoms with Gasteiger partial charge >= 0.3 is 17.9 Å². The number of carboxylic acids is 1. The predicted molar refractivity (Wildman–Crippen MR) is 103 cm³/mol. The van der Waals surface area contributed by atoms with E-state index in [1.54, 1.807) is 0 Å². The molecular formula is C18H18N4O6S. The van der Waals surface area contributed by atoms with Crippen LogP contribution in [0.3, 0.4) is 0 Å². The highest BCUT2D eigenvalue weighted by molar-refractivity contribution is 7.19. The number of hydrogen-bond acceptors (Lipinski definition) is 9. The van der Waals surface area contributed by atoms with E-state index in [9.17, 15) is 24.3 Å². The fourth-order valence-electron chi connectivity index (χ4n) is 2.69. The van der Waals surface area contributed by atoms with Crippen LogP contribution in [-0.4, -0.2) is 45.7 Å². The molecule has 0 aliphatic carbocycles. The Kier molecular flexibility index (Phi) is 5.33. The van der Waals surface area contributed by atoms with E-state index >= 15 is 0 Å². The van der Waals surface area contributed by atoms with Crippen LogP contribution in [0.25, 0.3) is 0 Å². The van der Waals surface area contributed by atoms with Gasteiger partial charge in [-0.1, -0.05) is 32.1 Å². The SMILES string of the molecule is CC(C)(C)C(CNc1nnc(NC(=O)c2ccc3c(c2)C(=O)OC3=O)s1)C(=O)O. The summed E-state index contributed by atoms with van der Waals surface area (Å²) in [5.74, 6) is -3.64. The van der Waals surface area contributed by atoms with Gasteiger partial charge < -0.3 is 15.2 Å². The van der Waals surface area contributed by atoms with Gasteiger partial charge in [-0.25, -0.2) is 9.59 Å². The molecule has 0 bridgehead atoms. The number of amides is 1. The zero-order valence-electron chi connectivity index (χ0n) is 15.8. The molecule has 0 saturated heterocycles. The molecule has 0 radical (unpaired) electrons. The number of anilines is 2. The molecule has 0 fully saturated rings. The van der Waals surface area contributed by atoms with Gasteiger partial charge in [-0.3, -0.25) is 14.9 Å². The van der Waals surface area contributed by atoms with Gasteiger partial charge in [-0.05, 0) is 23.6 Å². The lowest BCUT2D eigenvalue weighted by Crippen LogP contribution is -2.34. The van der Waals surface area contributed by atoms with E-state index in [1.807, 2.05) is 20.8 Å². The zero-order valence-corrected chi connectivity index (χ0v) is 16.6. The molecule has 2 aromatic rings. The van der Waals surface area contributed by atoms with Crippen molar-refractivity contribution in [2.75, 3.05) is 17.2 Å². The number of hydrogen-bond donors (Lipinski definition) is 3. The van der Waals surface area contributed by atoms with Crippen molar-refractivity contribution in [3.63, 3.8) is 0 Å². The number of benzene rings is 1. The standard InChI is InChI=1S/C18H18N4O6S/c1-18(2,3)11(13(24)25)7-19-16-21-22-17(29-16)20-12(23)8-4-5-9-10(6-8)15(27)28-14(9)26/h4-6,11H,7H2,1-3H3,(H,19,21)(H,24,25)(H,20,22,23). The van der Waals surface area contributed by atoms with Crippen molar-refractivity contribution >= 4 is 45.4 Å². The van der Waals surface area contributed by atoms with E-state index < -0.39 is 35.1 Å². The fourth-order valence-corrected chi connectivity index (χ4v) is 3.34. The Balaban J connectivity index is 1.65. The number of nitrogens with zero attached hydrogens (tertiary/aromatic N) is 2. The van der Waals surface area contributed by atoms with E-state index in [0.29, 0.717) is 5.13 Å². The van der Waals surface area contributed by atoms with Gasteiger partial charge in [0, 0.05) is 12.1 Å². The van der Waals surface area contributed by atoms with Gasteiger partial charge in [0.2, 0.25) is 10.3 Å². The molecule has 1 amide bonds. The molecule has 1 aliphatic heterocycles. The largest absolute Gasteiger partial charge is 0.481 e. The maximum Gasteiger partial charge on any atom is 0.346 e. The van der Waals surface area contributed by atoms with Crippen molar-refractivity contribution in [3.8, 4) is 0 Å². The van der Waals surface area contributed by atoms with Crippen LogP contribution in [-0.2, 0) is 9.53 Å². The lowest BCUT2D eigenvalue weighted by Gasteiger charge is -2.26. The summed E-state index contributed by atoms with van der Waals surface area (Å²) in [4.78, 5) is 46.9. The number of carbonyl (C=O) groups is 4. The second-order valence-electron chi connectivity index (χ2n) is 7.44. The van der Waals surface area contributed by atoms with E-state index in [1.165, 1.54) is 18.2 Å². The Morgan fingerprint density at radius 1 is 1.14 bits per heavy atom. The summed E-state index contributed by atoms with van der Waals surface area (Å²) >= 11 is 1.04. The fraction of sp³-hybridized carbons (Fsp3) is 0.333. The number of aliphatic carboxylic acids is 1. The minimum Gasteiger partial charge on any atom is -0.481 e. The Labute approximate surface area is 169 Å². The van der Waals surface area contributed by atoms with Crippen molar-refractivity contribution in [1.82, 2.24) is 10.2 Å². The highest BCUT2D eigenvalue weighted by Gasteiger charge is 2.32. The average Bonchev–Trinajstić information content (AvgIpc) is 3.17. The van der Waals surface area contributed by atoms with Crippen LogP contribution in [0.5, 0.6) is 0 Å². The third-order valence-electron chi connectivity index (χ3n) is 4.35. The third kappa shape index (κ3) is 4.40. The first-order valence-corrected chi connectivity index (χ1v) is 9.40. The van der Waals surface area contributed by atoms with Crippen LogP contribution < -0.4 is 10.6 Å². The first-order valence-electron chi connectivity index (χ1n) is 8.58. The number of aromatic nitrogens is 2. The van der Waals surface area contributed by atoms with Crippen molar-refractivity contribution in [3.05, 3.63) is 34.9 Å². The van der Waals surface area contributed by atoms with Crippen LogP contribution in [0.15, 0.2) is 18.2 Å². The molecule has 1 aromatic carbocycles. The van der Waals surface area contributed by atoms with Gasteiger partial charge in [0.15, 0.2) is 0 Å². The lowest BCUT2D eigenvalue weighted by atomic mass is 9.81. The normalized spacial score (nSPS) is 14.2. The van der Waals surface area contributed by atoms with Crippen LogP contribution in [0.1, 0.15) is 51.8 Å². The highest BCUT2D eigenvalue weighted by Crippen LogP contribution is 2.28. The molecule has 1 unspecified atom stereocenters. The van der Waals surface area contributed by atoms with Crippen LogP contribution in [0.2, 0.25) is 0 Å². The van der Waals surface area contributed by atoms with Crippen molar-refractivity contribution in [1.29, 1.82) is 0 Å². The van der Waals surface area contributed by atoms with Crippen molar-refractivity contribution in [2.45, 2.75) is 20.8 Å². The summed E-state index contributed by atoms with van der Waals surface area (Å²) in [6.45, 7) is 5.65. The minimum absolute atomic E-state index is 0.0316. The first-order chi connectivity index (χ1) is 13.6. The Morgan fingerprint density at radius 2 is 1.79 bits per heavy atom. The van der Waals surface area contributed by atoms with Gasteiger partial charge in [-0.2, -0.15) is 0 Å². The predicted octanol–water partition coefficient (Wildman–Crippen LogP) is 2.26. The molecule has 29 heavy (non-hydrogen) atoms. The van der Waals surface area contributed by atoms with Crippen molar-refractivity contribution < 1.29 is 29.0 Å². The van der Waals surface area contributed by atoms with Gasteiger partial charge in [0.05, 0.1) is 17.0 Å². The number of rotatable bonds is 6. The summed E-state index contributed by atoms with van der Waals surface area (Å²) in [5.41, 5.74) is -0.153. The van der Waals surface area contributed by atoms with E-state index in [2.05, 4.69) is 25.6 Å². The number of fused-ring (bicyclic) bond motifs is 1. The number of nitrogens with one attached hydrogen (secondary N) is 2. The molecule has 11 heteroatoms. The van der Waals surface area contributed by atoms with Crippen LogP contribution in [0, 0.1) is 11.3 Å². The first kappa shape index (κ1) is 20.4. The highest BCUT2D eigenvalue weighted by atomic mass is 32.1. The molecule has 152 valence electrons. The number of carboxylic acid groups (broad SMARTS) is 1. The molecule has 1 aromatic heterocycles. The quantitative estimate of drug-likeness (QED) is 0.474. The molecule has 10 nitrogen and oxygen atoms in total. The lowest BCUT2D eigenvalue weighted by molar-refractivity contribution is -0.144. The second-order valence-corrected chi connectivity index (χ2v) is 8.42. The molecule has 1 aliphatic rings. The molecule has 0 spiro atoms. The minimum atomic E-state index is -0.920. The molecule has 1 atom stereocenters. The smallest absolute Gasteiger partial charge is 0.346 e. The monoisotopic (exact) mass is 418 g/mol. The average molecular weight is 418 g/mol. The summed E-state index contributed by atoms with van der Waals surface area (Å²) in [5, 5.41) is 23.1. The zero-order chi connectivity index (χ0) is 21.3. The van der Waals surface area contributed by atoms with Crippen LogP contribution in [0.4, 0.5) is 10.3 Å². The maximum atomic E-state index is 12.4. The maximum absolute atomic E-state index is 12.4. The molecular weight excluding hydrogens is 400 g/mol. The topological polar surface area (TPSA) is 148 Å². The number of carbonyl (C=O) groups excluding carboxylic acids is 3. The van der Waals surface area contributed by atoms with E-state index in [0.717, 1.165) is 11.3 Å².